The number of rotatable bonds is 6. The van der Waals surface area contributed by atoms with Gasteiger partial charge in [0.05, 0.1) is 11.8 Å². The maximum atomic E-state index is 11.6. The van der Waals surface area contributed by atoms with E-state index in [1.165, 1.54) is 5.56 Å². The second-order valence-electron chi connectivity index (χ2n) is 4.67. The van der Waals surface area contributed by atoms with Gasteiger partial charge < -0.3 is 4.74 Å². The number of hydrogen-bond donors (Lipinski definition) is 0. The van der Waals surface area contributed by atoms with Crippen LogP contribution in [-0.2, 0) is 23.0 Å². The second kappa shape index (κ2) is 5.96. The molecule has 0 radical (unpaired) electrons. The standard InChI is InChI=1S/C13H22N2O2/c1-9(2)17-8-12(16)6-7-13-10(3)14-15(5)11(13)4/h9H,6-8H2,1-5H3. The lowest BCUT2D eigenvalue weighted by molar-refractivity contribution is -0.124. The zero-order chi connectivity index (χ0) is 13.0. The molecule has 1 aromatic heterocycles. The van der Waals surface area contributed by atoms with Gasteiger partial charge in [0, 0.05) is 19.2 Å². The normalized spacial score (nSPS) is 11.2. The number of hydrogen-bond acceptors (Lipinski definition) is 3. The van der Waals surface area contributed by atoms with Gasteiger partial charge in [-0.3, -0.25) is 9.48 Å². The van der Waals surface area contributed by atoms with Crippen molar-refractivity contribution in [1.29, 1.82) is 0 Å². The lowest BCUT2D eigenvalue weighted by Gasteiger charge is -2.06. The molecular formula is C13H22N2O2. The van der Waals surface area contributed by atoms with Crippen molar-refractivity contribution in [1.82, 2.24) is 9.78 Å². The molecule has 0 N–H and O–H groups in total. The van der Waals surface area contributed by atoms with E-state index in [0.29, 0.717) is 6.42 Å². The highest BCUT2D eigenvalue weighted by Crippen LogP contribution is 2.14. The van der Waals surface area contributed by atoms with Crippen LogP contribution in [0.5, 0.6) is 0 Å². The first-order valence-corrected chi connectivity index (χ1v) is 6.04. The van der Waals surface area contributed by atoms with Gasteiger partial charge in [0.15, 0.2) is 5.78 Å². The Morgan fingerprint density at radius 2 is 2.06 bits per heavy atom. The number of aromatic nitrogens is 2. The second-order valence-corrected chi connectivity index (χ2v) is 4.67. The van der Waals surface area contributed by atoms with E-state index in [1.54, 1.807) is 0 Å². The van der Waals surface area contributed by atoms with Crippen LogP contribution < -0.4 is 0 Å². The molecular weight excluding hydrogens is 216 g/mol. The molecule has 0 amide bonds. The van der Waals surface area contributed by atoms with E-state index in [0.717, 1.165) is 17.8 Å². The van der Waals surface area contributed by atoms with E-state index >= 15 is 0 Å². The molecule has 0 fully saturated rings. The van der Waals surface area contributed by atoms with Crippen molar-refractivity contribution in [2.24, 2.45) is 7.05 Å². The third-order valence-electron chi connectivity index (χ3n) is 2.89. The van der Waals surface area contributed by atoms with Gasteiger partial charge in [0.2, 0.25) is 0 Å². The van der Waals surface area contributed by atoms with Crippen molar-refractivity contribution >= 4 is 5.78 Å². The van der Waals surface area contributed by atoms with Crippen molar-refractivity contribution in [3.8, 4) is 0 Å². The number of ether oxygens (including phenoxy) is 1. The highest BCUT2D eigenvalue weighted by atomic mass is 16.5. The van der Waals surface area contributed by atoms with Gasteiger partial charge in [0.25, 0.3) is 0 Å². The maximum Gasteiger partial charge on any atom is 0.158 e. The van der Waals surface area contributed by atoms with Gasteiger partial charge in [-0.25, -0.2) is 0 Å². The first-order valence-electron chi connectivity index (χ1n) is 6.04. The predicted molar refractivity (Wildman–Crippen MR) is 67.1 cm³/mol. The smallest absolute Gasteiger partial charge is 0.158 e. The van der Waals surface area contributed by atoms with Gasteiger partial charge in [-0.05, 0) is 39.7 Å². The summed E-state index contributed by atoms with van der Waals surface area (Å²) in [6, 6.07) is 0. The highest BCUT2D eigenvalue weighted by molar-refractivity contribution is 5.79. The summed E-state index contributed by atoms with van der Waals surface area (Å²) in [5, 5.41) is 4.34. The number of carbonyl (C=O) groups excluding carboxylic acids is 1. The van der Waals surface area contributed by atoms with Crippen molar-refractivity contribution in [2.75, 3.05) is 6.61 Å². The van der Waals surface area contributed by atoms with E-state index in [9.17, 15) is 4.79 Å². The molecule has 0 aromatic carbocycles. The van der Waals surface area contributed by atoms with Crippen LogP contribution in [0, 0.1) is 13.8 Å². The summed E-state index contributed by atoms with van der Waals surface area (Å²) in [6.45, 7) is 8.10. The lowest BCUT2D eigenvalue weighted by Crippen LogP contribution is -2.14. The molecule has 0 atom stereocenters. The summed E-state index contributed by atoms with van der Waals surface area (Å²) >= 11 is 0. The minimum atomic E-state index is 0.112. The number of carbonyl (C=O) groups is 1. The molecule has 4 nitrogen and oxygen atoms in total. The molecule has 1 rings (SSSR count). The average molecular weight is 238 g/mol. The Morgan fingerprint density at radius 1 is 1.41 bits per heavy atom. The predicted octanol–water partition coefficient (Wildman–Crippen LogP) is 1.96. The minimum Gasteiger partial charge on any atom is -0.371 e. The summed E-state index contributed by atoms with van der Waals surface area (Å²) in [4.78, 5) is 11.6. The summed E-state index contributed by atoms with van der Waals surface area (Å²) < 4.78 is 7.15. The van der Waals surface area contributed by atoms with E-state index in [1.807, 2.05) is 39.4 Å². The molecule has 4 heteroatoms. The van der Waals surface area contributed by atoms with Gasteiger partial charge >= 0.3 is 0 Å². The molecule has 1 aromatic rings. The van der Waals surface area contributed by atoms with Crippen LogP contribution >= 0.6 is 0 Å². The Kier molecular flexibility index (Phi) is 4.87. The molecule has 0 aliphatic heterocycles. The number of Topliss-reactive ketones (excluding diaryl/α,β-unsaturated/α-hetero) is 1. The molecule has 0 bridgehead atoms. The van der Waals surface area contributed by atoms with Crippen LogP contribution in [0.3, 0.4) is 0 Å². The summed E-state index contributed by atoms with van der Waals surface area (Å²) in [6.07, 6.45) is 1.40. The van der Waals surface area contributed by atoms with Gasteiger partial charge in [-0.1, -0.05) is 0 Å². The van der Waals surface area contributed by atoms with E-state index < -0.39 is 0 Å². The number of ketones is 1. The Hall–Kier alpha value is -1.16. The van der Waals surface area contributed by atoms with Gasteiger partial charge in [0.1, 0.15) is 6.61 Å². The molecule has 96 valence electrons. The third-order valence-corrected chi connectivity index (χ3v) is 2.89. The van der Waals surface area contributed by atoms with Crippen molar-refractivity contribution in [3.63, 3.8) is 0 Å². The van der Waals surface area contributed by atoms with Crippen LogP contribution in [0.15, 0.2) is 0 Å². The molecule has 0 aliphatic rings. The number of nitrogens with zero attached hydrogens (tertiary/aromatic N) is 2. The third kappa shape index (κ3) is 3.97. The fraction of sp³-hybridized carbons (Fsp3) is 0.692. The van der Waals surface area contributed by atoms with E-state index in [4.69, 9.17) is 4.74 Å². The molecule has 0 spiro atoms. The molecule has 1 heterocycles. The molecule has 0 aliphatic carbocycles. The Labute approximate surface area is 103 Å². The minimum absolute atomic E-state index is 0.112. The molecule has 0 saturated heterocycles. The van der Waals surface area contributed by atoms with Crippen molar-refractivity contribution in [3.05, 3.63) is 17.0 Å². The fourth-order valence-electron chi connectivity index (χ4n) is 1.78. The summed E-state index contributed by atoms with van der Waals surface area (Å²) in [7, 11) is 1.93. The van der Waals surface area contributed by atoms with Crippen LogP contribution in [0.1, 0.15) is 37.2 Å². The van der Waals surface area contributed by atoms with E-state index in [2.05, 4.69) is 5.10 Å². The van der Waals surface area contributed by atoms with Crippen molar-refractivity contribution < 1.29 is 9.53 Å². The first-order chi connectivity index (χ1) is 7.91. The Bertz CT molecular complexity index is 394. The first kappa shape index (κ1) is 13.9. The zero-order valence-corrected chi connectivity index (χ0v) is 11.4. The summed E-state index contributed by atoms with van der Waals surface area (Å²) in [5.74, 6) is 0.154. The monoisotopic (exact) mass is 238 g/mol. The highest BCUT2D eigenvalue weighted by Gasteiger charge is 2.11. The van der Waals surface area contributed by atoms with Crippen LogP contribution in [0.25, 0.3) is 0 Å². The van der Waals surface area contributed by atoms with Gasteiger partial charge in [-0.2, -0.15) is 5.10 Å². The van der Waals surface area contributed by atoms with Crippen LogP contribution in [0.4, 0.5) is 0 Å². The van der Waals surface area contributed by atoms with E-state index in [-0.39, 0.29) is 18.5 Å². The number of aryl methyl sites for hydroxylation is 2. The topological polar surface area (TPSA) is 44.1 Å². The fourth-order valence-corrected chi connectivity index (χ4v) is 1.78. The zero-order valence-electron chi connectivity index (χ0n) is 11.4. The average Bonchev–Trinajstić information content (AvgIpc) is 2.48. The SMILES string of the molecule is Cc1nn(C)c(C)c1CCC(=O)COC(C)C. The summed E-state index contributed by atoms with van der Waals surface area (Å²) in [5.41, 5.74) is 3.34. The maximum absolute atomic E-state index is 11.6. The van der Waals surface area contributed by atoms with Crippen molar-refractivity contribution in [2.45, 2.75) is 46.6 Å². The molecule has 0 unspecified atom stereocenters. The molecule has 17 heavy (non-hydrogen) atoms. The Balaban J connectivity index is 2.47. The van der Waals surface area contributed by atoms with Gasteiger partial charge in [-0.15, -0.1) is 0 Å². The largest absolute Gasteiger partial charge is 0.371 e. The Morgan fingerprint density at radius 3 is 2.53 bits per heavy atom. The quantitative estimate of drug-likeness (QED) is 0.761. The van der Waals surface area contributed by atoms with Crippen LogP contribution in [-0.4, -0.2) is 28.3 Å². The van der Waals surface area contributed by atoms with Crippen LogP contribution in [0.2, 0.25) is 0 Å². The lowest BCUT2D eigenvalue weighted by atomic mass is 10.1. The molecule has 0 saturated carbocycles.